The highest BCUT2D eigenvalue weighted by molar-refractivity contribution is 5.80. The first-order chi connectivity index (χ1) is 7.54. The molecule has 2 N–H and O–H groups in total. The molecule has 0 aliphatic rings. The summed E-state index contributed by atoms with van der Waals surface area (Å²) in [6.45, 7) is -0.429. The smallest absolute Gasteiger partial charge is 0.322 e. The third-order valence-electron chi connectivity index (χ3n) is 1.78. The van der Waals surface area contributed by atoms with Crippen LogP contribution in [0, 0.1) is 10.1 Å². The van der Waals surface area contributed by atoms with Gasteiger partial charge in [-0.05, 0) is 12.1 Å². The molecule has 0 bridgehead atoms. The Hall–Kier alpha value is -2.44. The van der Waals surface area contributed by atoms with Gasteiger partial charge in [-0.3, -0.25) is 19.7 Å². The molecule has 1 rings (SSSR count). The summed E-state index contributed by atoms with van der Waals surface area (Å²) in [5.74, 6) is -1.13. The third kappa shape index (κ3) is 2.77. The number of hydrogen-bond acceptors (Lipinski definition) is 5. The molecule has 0 spiro atoms. The number of nitrogens with zero attached hydrogens (tertiary/aromatic N) is 1. The highest BCUT2D eigenvalue weighted by Crippen LogP contribution is 2.24. The van der Waals surface area contributed by atoms with Crippen LogP contribution in [-0.2, 0) is 4.79 Å². The predicted molar refractivity (Wildman–Crippen MR) is 54.6 cm³/mol. The van der Waals surface area contributed by atoms with Gasteiger partial charge < -0.3 is 10.4 Å². The van der Waals surface area contributed by atoms with Gasteiger partial charge in [-0.15, -0.1) is 0 Å². The number of carboxylic acid groups (broad SMARTS) is 1. The highest BCUT2D eigenvalue weighted by Gasteiger charge is 2.14. The number of nitro benzene ring substituents is 1. The lowest BCUT2D eigenvalue weighted by Gasteiger charge is -2.04. The van der Waals surface area contributed by atoms with E-state index in [-0.39, 0.29) is 16.9 Å². The summed E-state index contributed by atoms with van der Waals surface area (Å²) >= 11 is 0. The first-order valence-corrected chi connectivity index (χ1v) is 4.24. The van der Waals surface area contributed by atoms with Crippen LogP contribution < -0.4 is 5.32 Å². The number of nitro groups is 1. The molecule has 1 aromatic carbocycles. The summed E-state index contributed by atoms with van der Waals surface area (Å²) in [4.78, 5) is 30.7. The van der Waals surface area contributed by atoms with E-state index in [1.807, 2.05) is 0 Å². The molecule has 0 aliphatic heterocycles. The number of benzene rings is 1. The van der Waals surface area contributed by atoms with E-state index in [1.54, 1.807) is 0 Å². The largest absolute Gasteiger partial charge is 0.480 e. The van der Waals surface area contributed by atoms with E-state index in [9.17, 15) is 19.7 Å². The number of aldehydes is 1. The number of hydrogen-bond donors (Lipinski definition) is 2. The summed E-state index contributed by atoms with van der Waals surface area (Å²) in [6.07, 6.45) is 0.480. The van der Waals surface area contributed by atoms with Gasteiger partial charge >= 0.3 is 5.97 Å². The number of nitrogens with one attached hydrogen (secondary N) is 1. The van der Waals surface area contributed by atoms with E-state index in [2.05, 4.69) is 5.32 Å². The van der Waals surface area contributed by atoms with Gasteiger partial charge in [0.05, 0.1) is 4.92 Å². The predicted octanol–water partition coefficient (Wildman–Crippen LogP) is 0.904. The monoisotopic (exact) mass is 224 g/mol. The zero-order chi connectivity index (χ0) is 12.1. The van der Waals surface area contributed by atoms with Crippen molar-refractivity contribution in [3.63, 3.8) is 0 Å². The van der Waals surface area contributed by atoms with Gasteiger partial charge in [0.25, 0.3) is 5.69 Å². The number of aliphatic carboxylic acids is 1. The lowest BCUT2D eigenvalue weighted by Crippen LogP contribution is -2.13. The summed E-state index contributed by atoms with van der Waals surface area (Å²) in [5, 5.41) is 21.4. The maximum atomic E-state index is 10.6. The van der Waals surface area contributed by atoms with E-state index in [0.29, 0.717) is 6.29 Å². The van der Waals surface area contributed by atoms with Gasteiger partial charge in [-0.1, -0.05) is 0 Å². The fourth-order valence-electron chi connectivity index (χ4n) is 1.09. The Morgan fingerprint density at radius 2 is 2.25 bits per heavy atom. The molecule has 0 heterocycles. The summed E-state index contributed by atoms with van der Waals surface area (Å²) in [5.41, 5.74) is -0.101. The van der Waals surface area contributed by atoms with Crippen LogP contribution in [0.1, 0.15) is 10.4 Å². The van der Waals surface area contributed by atoms with E-state index < -0.39 is 17.4 Å². The molecule has 0 aromatic heterocycles. The van der Waals surface area contributed by atoms with E-state index in [1.165, 1.54) is 12.1 Å². The second kappa shape index (κ2) is 4.87. The molecule has 84 valence electrons. The minimum atomic E-state index is -1.13. The minimum Gasteiger partial charge on any atom is -0.480 e. The van der Waals surface area contributed by atoms with Crippen molar-refractivity contribution in [3.05, 3.63) is 33.9 Å². The lowest BCUT2D eigenvalue weighted by atomic mass is 10.2. The molecule has 7 heteroatoms. The van der Waals surface area contributed by atoms with Crippen LogP contribution in [0.5, 0.6) is 0 Å². The second-order valence-electron chi connectivity index (χ2n) is 2.90. The van der Waals surface area contributed by atoms with Crippen LogP contribution in [0.25, 0.3) is 0 Å². The van der Waals surface area contributed by atoms with Crippen molar-refractivity contribution in [1.82, 2.24) is 0 Å². The molecule has 0 saturated heterocycles. The fraction of sp³-hybridized carbons (Fsp3) is 0.111. The first kappa shape index (κ1) is 11.6. The number of carboxylic acids is 1. The Kier molecular flexibility index (Phi) is 3.54. The second-order valence-corrected chi connectivity index (χ2v) is 2.90. The molecule has 1 aromatic rings. The fourth-order valence-corrected chi connectivity index (χ4v) is 1.09. The van der Waals surface area contributed by atoms with E-state index in [4.69, 9.17) is 5.11 Å². The maximum Gasteiger partial charge on any atom is 0.322 e. The average molecular weight is 224 g/mol. The van der Waals surface area contributed by atoms with E-state index in [0.717, 1.165) is 6.07 Å². The molecule has 0 amide bonds. The standard InChI is InChI=1S/C9H8N2O5/c12-5-6-1-2-7(10-4-9(13)14)8(3-6)11(15)16/h1-3,5,10H,4H2,(H,13,14). The van der Waals surface area contributed by atoms with Crippen molar-refractivity contribution >= 4 is 23.6 Å². The molecule has 0 fully saturated rings. The molecular formula is C9H8N2O5. The quantitative estimate of drug-likeness (QED) is 0.437. The van der Waals surface area contributed by atoms with Gasteiger partial charge in [0.1, 0.15) is 18.5 Å². The Balaban J connectivity index is 3.03. The normalized spacial score (nSPS) is 9.50. The van der Waals surface area contributed by atoms with Crippen molar-refractivity contribution in [2.24, 2.45) is 0 Å². The zero-order valence-corrected chi connectivity index (χ0v) is 8.04. The molecule has 16 heavy (non-hydrogen) atoms. The van der Waals surface area contributed by atoms with Crippen molar-refractivity contribution in [1.29, 1.82) is 0 Å². The molecule has 0 aliphatic carbocycles. The van der Waals surface area contributed by atoms with Crippen LogP contribution in [0.4, 0.5) is 11.4 Å². The summed E-state index contributed by atoms with van der Waals surface area (Å²) in [7, 11) is 0. The zero-order valence-electron chi connectivity index (χ0n) is 8.04. The van der Waals surface area contributed by atoms with Gasteiger partial charge in [-0.25, -0.2) is 0 Å². The van der Waals surface area contributed by atoms with Crippen molar-refractivity contribution in [3.8, 4) is 0 Å². The number of carbonyl (C=O) groups excluding carboxylic acids is 1. The Labute approximate surface area is 89.8 Å². The lowest BCUT2D eigenvalue weighted by molar-refractivity contribution is -0.384. The van der Waals surface area contributed by atoms with Gasteiger partial charge in [-0.2, -0.15) is 0 Å². The van der Waals surface area contributed by atoms with Gasteiger partial charge in [0.15, 0.2) is 0 Å². The molecule has 0 radical (unpaired) electrons. The average Bonchev–Trinajstić information content (AvgIpc) is 2.25. The summed E-state index contributed by atoms with van der Waals surface area (Å²) < 4.78 is 0. The first-order valence-electron chi connectivity index (χ1n) is 4.24. The Morgan fingerprint density at radius 3 is 2.75 bits per heavy atom. The van der Waals surface area contributed by atoms with Crippen molar-refractivity contribution in [2.45, 2.75) is 0 Å². The number of rotatable bonds is 5. The SMILES string of the molecule is O=Cc1ccc(NCC(=O)O)c([N+](=O)[O-])c1. The molecule has 7 nitrogen and oxygen atoms in total. The van der Waals surface area contributed by atoms with Crippen LogP contribution in [0.15, 0.2) is 18.2 Å². The van der Waals surface area contributed by atoms with Gasteiger partial charge in [0.2, 0.25) is 0 Å². The van der Waals surface area contributed by atoms with Crippen molar-refractivity contribution in [2.75, 3.05) is 11.9 Å². The molecule has 0 unspecified atom stereocenters. The van der Waals surface area contributed by atoms with Crippen LogP contribution in [0.2, 0.25) is 0 Å². The summed E-state index contributed by atoms with van der Waals surface area (Å²) in [6, 6.07) is 3.74. The molecular weight excluding hydrogens is 216 g/mol. The van der Waals surface area contributed by atoms with Gasteiger partial charge in [0, 0.05) is 11.6 Å². The molecule has 0 saturated carbocycles. The maximum absolute atomic E-state index is 10.6. The Morgan fingerprint density at radius 1 is 1.56 bits per heavy atom. The van der Waals surface area contributed by atoms with Crippen LogP contribution in [0.3, 0.4) is 0 Å². The minimum absolute atomic E-state index is 0.0676. The molecule has 0 atom stereocenters. The third-order valence-corrected chi connectivity index (χ3v) is 1.78. The van der Waals surface area contributed by atoms with Crippen LogP contribution in [-0.4, -0.2) is 28.8 Å². The number of carbonyl (C=O) groups is 2. The Bertz CT molecular complexity index is 444. The highest BCUT2D eigenvalue weighted by atomic mass is 16.6. The van der Waals surface area contributed by atoms with Crippen LogP contribution >= 0.6 is 0 Å². The van der Waals surface area contributed by atoms with E-state index >= 15 is 0 Å². The number of anilines is 1. The topological polar surface area (TPSA) is 110 Å². The van der Waals surface area contributed by atoms with Crippen molar-refractivity contribution < 1.29 is 19.6 Å².